The quantitative estimate of drug-likeness (QED) is 0.427. The van der Waals surface area contributed by atoms with E-state index in [0.717, 1.165) is 44.7 Å². The van der Waals surface area contributed by atoms with Crippen LogP contribution in [0.15, 0.2) is 28.0 Å². The molecule has 134 valence electrons. The summed E-state index contributed by atoms with van der Waals surface area (Å²) in [5.74, 6) is 0.533. The van der Waals surface area contributed by atoms with Crippen LogP contribution in [0, 0.1) is 6.92 Å². The molecule has 1 saturated heterocycles. The molecule has 6 heteroatoms. The highest BCUT2D eigenvalue weighted by Gasteiger charge is 2.22. The molecule has 1 aromatic rings. The first-order valence-corrected chi connectivity index (χ1v) is 9.06. The summed E-state index contributed by atoms with van der Waals surface area (Å²) in [4.78, 5) is 18.7. The number of pyridine rings is 1. The maximum absolute atomic E-state index is 11.8. The van der Waals surface area contributed by atoms with E-state index in [9.17, 15) is 4.79 Å². The number of nitrogens with zero attached hydrogens (tertiary/aromatic N) is 3. The first-order valence-electron chi connectivity index (χ1n) is 9.06. The van der Waals surface area contributed by atoms with Crippen LogP contribution in [0.25, 0.3) is 0 Å². The van der Waals surface area contributed by atoms with Crippen molar-refractivity contribution in [1.29, 1.82) is 0 Å². The molecule has 2 rings (SSSR count). The van der Waals surface area contributed by atoms with E-state index in [1.807, 2.05) is 17.6 Å². The summed E-state index contributed by atoms with van der Waals surface area (Å²) in [7, 11) is 0. The van der Waals surface area contributed by atoms with Gasteiger partial charge >= 0.3 is 0 Å². The lowest BCUT2D eigenvalue weighted by molar-refractivity contribution is 0.273. The third-order valence-electron chi connectivity index (χ3n) is 4.76. The van der Waals surface area contributed by atoms with Crippen molar-refractivity contribution >= 4 is 5.96 Å². The van der Waals surface area contributed by atoms with Crippen molar-refractivity contribution in [3.63, 3.8) is 0 Å². The van der Waals surface area contributed by atoms with Gasteiger partial charge in [-0.25, -0.2) is 0 Å². The predicted octanol–water partition coefficient (Wildman–Crippen LogP) is 1.33. The van der Waals surface area contributed by atoms with Crippen LogP contribution in [-0.2, 0) is 6.54 Å². The number of nitrogens with one attached hydrogen (secondary N) is 1. The van der Waals surface area contributed by atoms with Gasteiger partial charge in [-0.05, 0) is 51.8 Å². The van der Waals surface area contributed by atoms with Crippen molar-refractivity contribution in [2.45, 2.75) is 52.1 Å². The standard InChI is InChI=1S/C18H31N5O/c1-3-22-12-7-9-16(22)14-21-18(19)20-11-4-5-13-23-15(2)8-6-10-17(23)24/h6,8,10,16H,3-5,7,9,11-14H2,1-2H3,(H3,19,20,21)/t16-/m0/s1. The summed E-state index contributed by atoms with van der Waals surface area (Å²) in [5, 5.41) is 3.18. The second-order valence-corrected chi connectivity index (χ2v) is 6.44. The molecule has 0 spiro atoms. The second-order valence-electron chi connectivity index (χ2n) is 6.44. The van der Waals surface area contributed by atoms with Crippen molar-refractivity contribution in [3.8, 4) is 0 Å². The molecule has 3 N–H and O–H groups in total. The maximum atomic E-state index is 11.8. The third kappa shape index (κ3) is 5.37. The number of hydrogen-bond acceptors (Lipinski definition) is 3. The van der Waals surface area contributed by atoms with Crippen LogP contribution in [0.4, 0.5) is 0 Å². The minimum absolute atomic E-state index is 0.0704. The molecule has 1 aliphatic rings. The van der Waals surface area contributed by atoms with Crippen LogP contribution in [0.1, 0.15) is 38.3 Å². The Balaban J connectivity index is 1.65. The first kappa shape index (κ1) is 18.5. The molecule has 1 fully saturated rings. The number of nitrogens with two attached hydrogens (primary N) is 1. The molecule has 0 unspecified atom stereocenters. The minimum atomic E-state index is 0.0704. The van der Waals surface area contributed by atoms with E-state index in [1.54, 1.807) is 12.1 Å². The molecule has 0 amide bonds. The highest BCUT2D eigenvalue weighted by atomic mass is 16.1. The number of likely N-dealkylation sites (tertiary alicyclic amines) is 1. The summed E-state index contributed by atoms with van der Waals surface area (Å²) in [6, 6.07) is 5.92. The number of rotatable bonds is 8. The molecule has 24 heavy (non-hydrogen) atoms. The minimum Gasteiger partial charge on any atom is -0.370 e. The van der Waals surface area contributed by atoms with E-state index in [2.05, 4.69) is 22.1 Å². The molecule has 0 aliphatic carbocycles. The van der Waals surface area contributed by atoms with E-state index >= 15 is 0 Å². The van der Waals surface area contributed by atoms with Crippen molar-refractivity contribution in [2.75, 3.05) is 26.2 Å². The van der Waals surface area contributed by atoms with Crippen molar-refractivity contribution in [3.05, 3.63) is 34.2 Å². The number of likely N-dealkylation sites (N-methyl/N-ethyl adjacent to an activating group) is 1. The fraction of sp³-hybridized carbons (Fsp3) is 0.667. The average molecular weight is 333 g/mol. The van der Waals surface area contributed by atoms with Crippen LogP contribution in [0.3, 0.4) is 0 Å². The molecule has 0 bridgehead atoms. The van der Waals surface area contributed by atoms with Crippen LogP contribution >= 0.6 is 0 Å². The monoisotopic (exact) mass is 333 g/mol. The van der Waals surface area contributed by atoms with Gasteiger partial charge in [0.2, 0.25) is 0 Å². The molecule has 0 saturated carbocycles. The third-order valence-corrected chi connectivity index (χ3v) is 4.76. The van der Waals surface area contributed by atoms with Gasteiger partial charge in [-0.1, -0.05) is 13.0 Å². The van der Waals surface area contributed by atoms with E-state index in [1.165, 1.54) is 19.4 Å². The Morgan fingerprint density at radius 1 is 1.42 bits per heavy atom. The predicted molar refractivity (Wildman–Crippen MR) is 99.4 cm³/mol. The summed E-state index contributed by atoms with van der Waals surface area (Å²) in [6.45, 7) is 8.76. The zero-order chi connectivity index (χ0) is 17.4. The van der Waals surface area contributed by atoms with E-state index < -0.39 is 0 Å². The van der Waals surface area contributed by atoms with Gasteiger partial charge in [0.05, 0.1) is 6.54 Å². The fourth-order valence-electron chi connectivity index (χ4n) is 3.30. The van der Waals surface area contributed by atoms with Gasteiger partial charge in [-0.15, -0.1) is 0 Å². The number of hydrogen-bond donors (Lipinski definition) is 2. The molecule has 0 radical (unpaired) electrons. The summed E-state index contributed by atoms with van der Waals surface area (Å²) >= 11 is 0. The van der Waals surface area contributed by atoms with Crippen molar-refractivity contribution < 1.29 is 0 Å². The molecule has 1 aliphatic heterocycles. The number of aryl methyl sites for hydroxylation is 1. The maximum Gasteiger partial charge on any atom is 0.250 e. The van der Waals surface area contributed by atoms with Crippen molar-refractivity contribution in [2.24, 2.45) is 10.7 Å². The Morgan fingerprint density at radius 3 is 3.00 bits per heavy atom. The SMILES string of the molecule is CCN1CCC[C@H]1CN=C(N)NCCCCn1c(C)cccc1=O. The molecule has 2 heterocycles. The van der Waals surface area contributed by atoms with Gasteiger partial charge in [-0.2, -0.15) is 0 Å². The van der Waals surface area contributed by atoms with E-state index in [4.69, 9.17) is 5.73 Å². The first-order chi connectivity index (χ1) is 11.6. The van der Waals surface area contributed by atoms with Crippen LogP contribution in [0.5, 0.6) is 0 Å². The molecular weight excluding hydrogens is 302 g/mol. The highest BCUT2D eigenvalue weighted by Crippen LogP contribution is 2.16. The van der Waals surface area contributed by atoms with E-state index in [-0.39, 0.29) is 5.56 Å². The topological polar surface area (TPSA) is 75.7 Å². The normalized spacial score (nSPS) is 18.9. The number of guanidine groups is 1. The van der Waals surface area contributed by atoms with E-state index in [0.29, 0.717) is 12.0 Å². The number of aromatic nitrogens is 1. The molecule has 1 atom stereocenters. The Morgan fingerprint density at radius 2 is 2.25 bits per heavy atom. The van der Waals surface area contributed by atoms with Crippen LogP contribution in [0.2, 0.25) is 0 Å². The summed E-state index contributed by atoms with van der Waals surface area (Å²) in [5.41, 5.74) is 7.02. The zero-order valence-electron chi connectivity index (χ0n) is 15.0. The van der Waals surface area contributed by atoms with Gasteiger partial charge in [0.1, 0.15) is 0 Å². The van der Waals surface area contributed by atoms with Gasteiger partial charge in [0, 0.05) is 30.9 Å². The molecular formula is C18H31N5O. The number of aliphatic imine (C=N–C) groups is 1. The van der Waals surface area contributed by atoms with Gasteiger partial charge < -0.3 is 15.6 Å². The summed E-state index contributed by atoms with van der Waals surface area (Å²) < 4.78 is 1.82. The van der Waals surface area contributed by atoms with Crippen LogP contribution < -0.4 is 16.6 Å². The lowest BCUT2D eigenvalue weighted by Crippen LogP contribution is -2.36. The average Bonchev–Trinajstić information content (AvgIpc) is 3.02. The fourth-order valence-corrected chi connectivity index (χ4v) is 3.30. The zero-order valence-corrected chi connectivity index (χ0v) is 15.0. The smallest absolute Gasteiger partial charge is 0.250 e. The van der Waals surface area contributed by atoms with Gasteiger partial charge in [-0.3, -0.25) is 14.7 Å². The number of unbranched alkanes of at least 4 members (excludes halogenated alkanes) is 1. The van der Waals surface area contributed by atoms with Gasteiger partial charge in [0.25, 0.3) is 5.56 Å². The lowest BCUT2D eigenvalue weighted by Gasteiger charge is -2.20. The summed E-state index contributed by atoms with van der Waals surface area (Å²) in [6.07, 6.45) is 4.38. The Kier molecular flexibility index (Phi) is 7.31. The highest BCUT2D eigenvalue weighted by molar-refractivity contribution is 5.77. The Bertz CT molecular complexity index is 595. The molecule has 0 aromatic carbocycles. The Labute approximate surface area is 144 Å². The molecule has 6 nitrogen and oxygen atoms in total. The van der Waals surface area contributed by atoms with Crippen LogP contribution in [-0.4, -0.2) is 47.6 Å². The van der Waals surface area contributed by atoms with Gasteiger partial charge in [0.15, 0.2) is 5.96 Å². The largest absolute Gasteiger partial charge is 0.370 e. The Hall–Kier alpha value is -1.82. The van der Waals surface area contributed by atoms with Crippen molar-refractivity contribution in [1.82, 2.24) is 14.8 Å². The molecule has 1 aromatic heterocycles. The second kappa shape index (κ2) is 9.47. The lowest BCUT2D eigenvalue weighted by atomic mass is 10.2.